The average molecular weight is 289 g/mol. The number of anilines is 1. The van der Waals surface area contributed by atoms with Gasteiger partial charge in [0, 0.05) is 16.8 Å². The molecule has 0 aliphatic carbocycles. The predicted octanol–water partition coefficient (Wildman–Crippen LogP) is 3.95. The van der Waals surface area contributed by atoms with Gasteiger partial charge in [-0.2, -0.15) is 0 Å². The molecular weight excluding hydrogens is 276 g/mol. The summed E-state index contributed by atoms with van der Waals surface area (Å²) in [6.45, 7) is 2.05. The van der Waals surface area contributed by atoms with E-state index in [9.17, 15) is 4.79 Å². The summed E-state index contributed by atoms with van der Waals surface area (Å²) in [7, 11) is 0. The average Bonchev–Trinajstić information content (AvgIpc) is 2.78. The molecule has 20 heavy (non-hydrogen) atoms. The first-order chi connectivity index (χ1) is 9.61. The predicted molar refractivity (Wildman–Crippen MR) is 80.3 cm³/mol. The van der Waals surface area contributed by atoms with Crippen LogP contribution in [0.15, 0.2) is 51.7 Å². The standard InChI is InChI=1S/C15H13ClN2O2/c1-9(10-3-2-4-11(16)7-10)17-12-5-6-14-13(8-12)18-15(19)20-14/h2-9,17H,1H3,(H,18,19). The zero-order valence-corrected chi connectivity index (χ0v) is 11.6. The van der Waals surface area contributed by atoms with E-state index >= 15 is 0 Å². The molecule has 0 aliphatic rings. The number of nitrogens with one attached hydrogen (secondary N) is 2. The van der Waals surface area contributed by atoms with Crippen LogP contribution < -0.4 is 11.1 Å². The Balaban J connectivity index is 1.86. The minimum Gasteiger partial charge on any atom is -0.408 e. The van der Waals surface area contributed by atoms with Crippen LogP contribution >= 0.6 is 11.6 Å². The van der Waals surface area contributed by atoms with Gasteiger partial charge < -0.3 is 9.73 Å². The van der Waals surface area contributed by atoms with Crippen molar-refractivity contribution in [1.82, 2.24) is 4.98 Å². The smallest absolute Gasteiger partial charge is 0.408 e. The van der Waals surface area contributed by atoms with Gasteiger partial charge in [0.25, 0.3) is 0 Å². The first-order valence-corrected chi connectivity index (χ1v) is 6.64. The maximum Gasteiger partial charge on any atom is 0.417 e. The molecule has 0 amide bonds. The number of aromatic amines is 1. The lowest BCUT2D eigenvalue weighted by molar-refractivity contribution is 0.555. The second kappa shape index (κ2) is 5.06. The van der Waals surface area contributed by atoms with Gasteiger partial charge in [0.1, 0.15) is 0 Å². The molecule has 3 aromatic rings. The van der Waals surface area contributed by atoms with E-state index in [1.165, 1.54) is 0 Å². The van der Waals surface area contributed by atoms with E-state index in [1.807, 2.05) is 43.3 Å². The van der Waals surface area contributed by atoms with Crippen LogP contribution in [0.5, 0.6) is 0 Å². The quantitative estimate of drug-likeness (QED) is 0.767. The molecule has 0 aliphatic heterocycles. The number of aromatic nitrogens is 1. The van der Waals surface area contributed by atoms with Crippen LogP contribution in [0.25, 0.3) is 11.1 Å². The van der Waals surface area contributed by atoms with Gasteiger partial charge in [-0.05, 0) is 42.8 Å². The van der Waals surface area contributed by atoms with Crippen LogP contribution in [0.3, 0.4) is 0 Å². The maximum atomic E-state index is 11.1. The Morgan fingerprint density at radius 1 is 1.25 bits per heavy atom. The van der Waals surface area contributed by atoms with Crippen molar-refractivity contribution in [3.05, 3.63) is 63.6 Å². The molecule has 0 fully saturated rings. The van der Waals surface area contributed by atoms with Gasteiger partial charge in [-0.3, -0.25) is 4.98 Å². The Kier molecular flexibility index (Phi) is 3.24. The third kappa shape index (κ3) is 2.56. The number of fused-ring (bicyclic) bond motifs is 1. The number of halogens is 1. The second-order valence-electron chi connectivity index (χ2n) is 4.65. The lowest BCUT2D eigenvalue weighted by atomic mass is 10.1. The Bertz CT molecular complexity index is 807. The van der Waals surface area contributed by atoms with Crippen LogP contribution in [0, 0.1) is 0 Å². The minimum atomic E-state index is -0.444. The Morgan fingerprint density at radius 3 is 2.90 bits per heavy atom. The molecule has 5 heteroatoms. The summed E-state index contributed by atoms with van der Waals surface area (Å²) >= 11 is 5.99. The maximum absolute atomic E-state index is 11.1. The van der Waals surface area contributed by atoms with Crippen molar-refractivity contribution in [2.45, 2.75) is 13.0 Å². The molecular formula is C15H13ClN2O2. The molecule has 0 radical (unpaired) electrons. The molecule has 0 saturated carbocycles. The van der Waals surface area contributed by atoms with E-state index in [0.717, 1.165) is 11.3 Å². The highest BCUT2D eigenvalue weighted by Crippen LogP contribution is 2.23. The molecule has 2 N–H and O–H groups in total. The van der Waals surface area contributed by atoms with Crippen molar-refractivity contribution < 1.29 is 4.42 Å². The van der Waals surface area contributed by atoms with Gasteiger partial charge in [0.2, 0.25) is 0 Å². The van der Waals surface area contributed by atoms with E-state index in [1.54, 1.807) is 6.07 Å². The number of benzene rings is 2. The van der Waals surface area contributed by atoms with Gasteiger partial charge in [0.15, 0.2) is 5.58 Å². The van der Waals surface area contributed by atoms with Crippen molar-refractivity contribution in [2.75, 3.05) is 5.32 Å². The molecule has 0 bridgehead atoms. The molecule has 2 aromatic carbocycles. The van der Waals surface area contributed by atoms with E-state index in [4.69, 9.17) is 16.0 Å². The molecule has 3 rings (SSSR count). The van der Waals surface area contributed by atoms with Crippen LogP contribution in [-0.4, -0.2) is 4.98 Å². The molecule has 102 valence electrons. The van der Waals surface area contributed by atoms with Gasteiger partial charge in [-0.1, -0.05) is 23.7 Å². The van der Waals surface area contributed by atoms with E-state index in [-0.39, 0.29) is 6.04 Å². The van der Waals surface area contributed by atoms with Gasteiger partial charge in [0.05, 0.1) is 5.52 Å². The van der Waals surface area contributed by atoms with E-state index in [2.05, 4.69) is 10.3 Å². The van der Waals surface area contributed by atoms with Crippen molar-refractivity contribution in [3.8, 4) is 0 Å². The second-order valence-corrected chi connectivity index (χ2v) is 5.08. The Hall–Kier alpha value is -2.20. The molecule has 1 atom stereocenters. The lowest BCUT2D eigenvalue weighted by Crippen LogP contribution is -2.06. The van der Waals surface area contributed by atoms with E-state index in [0.29, 0.717) is 16.1 Å². The van der Waals surface area contributed by atoms with Crippen LogP contribution in [0.2, 0.25) is 5.02 Å². The summed E-state index contributed by atoms with van der Waals surface area (Å²) in [6.07, 6.45) is 0. The first-order valence-electron chi connectivity index (χ1n) is 6.27. The fourth-order valence-corrected chi connectivity index (χ4v) is 2.35. The normalized spacial score (nSPS) is 12.5. The minimum absolute atomic E-state index is 0.102. The Morgan fingerprint density at radius 2 is 2.10 bits per heavy atom. The van der Waals surface area contributed by atoms with Crippen LogP contribution in [0.4, 0.5) is 5.69 Å². The number of oxazole rings is 1. The molecule has 4 nitrogen and oxygen atoms in total. The topological polar surface area (TPSA) is 58.0 Å². The Labute approximate surface area is 120 Å². The number of hydrogen-bond donors (Lipinski definition) is 2. The summed E-state index contributed by atoms with van der Waals surface area (Å²) in [4.78, 5) is 13.8. The third-order valence-electron chi connectivity index (χ3n) is 3.15. The summed E-state index contributed by atoms with van der Waals surface area (Å²) in [5, 5.41) is 4.08. The van der Waals surface area contributed by atoms with Crippen molar-refractivity contribution in [3.63, 3.8) is 0 Å². The highest BCUT2D eigenvalue weighted by atomic mass is 35.5. The SMILES string of the molecule is CC(Nc1ccc2oc(=O)[nH]c2c1)c1cccc(Cl)c1. The number of hydrogen-bond acceptors (Lipinski definition) is 3. The number of H-pyrrole nitrogens is 1. The van der Waals surface area contributed by atoms with Gasteiger partial charge in [-0.25, -0.2) is 4.79 Å². The first kappa shape index (κ1) is 12.8. The van der Waals surface area contributed by atoms with Crippen molar-refractivity contribution in [2.24, 2.45) is 0 Å². The third-order valence-corrected chi connectivity index (χ3v) is 3.39. The number of rotatable bonds is 3. The molecule has 1 unspecified atom stereocenters. The molecule has 1 aromatic heterocycles. The summed E-state index contributed by atoms with van der Waals surface area (Å²) in [6, 6.07) is 13.3. The zero-order chi connectivity index (χ0) is 14.1. The van der Waals surface area contributed by atoms with Gasteiger partial charge >= 0.3 is 5.76 Å². The monoisotopic (exact) mass is 288 g/mol. The fourth-order valence-electron chi connectivity index (χ4n) is 2.15. The summed E-state index contributed by atoms with van der Waals surface area (Å²) in [5.41, 5.74) is 3.23. The largest absolute Gasteiger partial charge is 0.417 e. The summed E-state index contributed by atoms with van der Waals surface area (Å²) in [5.74, 6) is -0.444. The lowest BCUT2D eigenvalue weighted by Gasteiger charge is -2.15. The molecule has 0 spiro atoms. The zero-order valence-electron chi connectivity index (χ0n) is 10.8. The van der Waals surface area contributed by atoms with E-state index < -0.39 is 5.76 Å². The fraction of sp³-hybridized carbons (Fsp3) is 0.133. The van der Waals surface area contributed by atoms with Crippen LogP contribution in [0.1, 0.15) is 18.5 Å². The van der Waals surface area contributed by atoms with Crippen molar-refractivity contribution >= 4 is 28.4 Å². The highest BCUT2D eigenvalue weighted by molar-refractivity contribution is 6.30. The van der Waals surface area contributed by atoms with Gasteiger partial charge in [-0.15, -0.1) is 0 Å². The molecule has 0 saturated heterocycles. The summed E-state index contributed by atoms with van der Waals surface area (Å²) < 4.78 is 4.97. The highest BCUT2D eigenvalue weighted by Gasteiger charge is 2.07. The molecule has 1 heterocycles. The van der Waals surface area contributed by atoms with Crippen molar-refractivity contribution in [1.29, 1.82) is 0 Å². The van der Waals surface area contributed by atoms with Crippen LogP contribution in [-0.2, 0) is 0 Å².